The predicted octanol–water partition coefficient (Wildman–Crippen LogP) is 1.52. The van der Waals surface area contributed by atoms with Gasteiger partial charge in [-0.15, -0.1) is 0 Å². The number of nitrogens with one attached hydrogen (secondary N) is 1. The third kappa shape index (κ3) is 6.47. The van der Waals surface area contributed by atoms with Crippen LogP contribution in [0.4, 0.5) is 4.79 Å². The topological polar surface area (TPSA) is 114 Å². The first kappa shape index (κ1) is 22.1. The van der Waals surface area contributed by atoms with E-state index in [1.165, 1.54) is 6.92 Å². The van der Waals surface area contributed by atoms with Crippen LogP contribution in [0.3, 0.4) is 0 Å². The number of alkyl carbamates (subject to hydrolysis) is 1. The molecule has 0 aromatic heterocycles. The Labute approximate surface area is 164 Å². The lowest BCUT2D eigenvalue weighted by Crippen LogP contribution is -2.64. The third-order valence-electron chi connectivity index (χ3n) is 4.25. The van der Waals surface area contributed by atoms with Gasteiger partial charge in [-0.3, -0.25) is 4.79 Å². The molecular formula is C20H29NO7. The van der Waals surface area contributed by atoms with Gasteiger partial charge in [-0.1, -0.05) is 30.3 Å². The Hall–Kier alpha value is -2.16. The van der Waals surface area contributed by atoms with E-state index in [-0.39, 0.29) is 13.0 Å². The number of aliphatic hydroxyl groups excluding tert-OH is 2. The fourth-order valence-electron chi connectivity index (χ4n) is 3.09. The molecule has 0 spiro atoms. The van der Waals surface area contributed by atoms with E-state index in [1.54, 1.807) is 20.8 Å². The van der Waals surface area contributed by atoms with E-state index < -0.39 is 48.1 Å². The minimum atomic E-state index is -1.27. The van der Waals surface area contributed by atoms with Crippen LogP contribution in [0.1, 0.15) is 39.7 Å². The monoisotopic (exact) mass is 395 g/mol. The van der Waals surface area contributed by atoms with Gasteiger partial charge in [0, 0.05) is 13.3 Å². The van der Waals surface area contributed by atoms with Gasteiger partial charge in [0.2, 0.25) is 0 Å². The number of ether oxygens (including phenoxy) is 3. The molecule has 3 N–H and O–H groups in total. The van der Waals surface area contributed by atoms with Crippen molar-refractivity contribution < 1.29 is 34.0 Å². The highest BCUT2D eigenvalue weighted by Gasteiger charge is 2.47. The highest BCUT2D eigenvalue weighted by molar-refractivity contribution is 5.69. The molecule has 1 aromatic rings. The molecule has 0 unspecified atom stereocenters. The molecule has 1 aromatic carbocycles. The lowest BCUT2D eigenvalue weighted by atomic mass is 9.85. The standard InChI is InChI=1S/C20H29NO7/c1-12(22)27-15-10-14(23)17(24)18(26-11-13-8-6-5-7-9-13)16(15)21-19(25)28-20(2,3)4/h5-9,14-18,23-24H,10-11H2,1-4H3,(H,21,25)/t14-,15+,16+,17-,18-/m1/s1. The molecule has 1 amide bonds. The summed E-state index contributed by atoms with van der Waals surface area (Å²) >= 11 is 0. The summed E-state index contributed by atoms with van der Waals surface area (Å²) in [7, 11) is 0. The van der Waals surface area contributed by atoms with Gasteiger partial charge < -0.3 is 29.7 Å². The Balaban J connectivity index is 2.20. The number of hydrogen-bond acceptors (Lipinski definition) is 7. The normalized spacial score (nSPS) is 27.7. The number of rotatable bonds is 5. The lowest BCUT2D eigenvalue weighted by Gasteiger charge is -2.42. The second kappa shape index (κ2) is 9.36. The second-order valence-corrected chi connectivity index (χ2v) is 7.87. The van der Waals surface area contributed by atoms with Crippen LogP contribution in [-0.4, -0.2) is 58.3 Å². The number of amides is 1. The minimum Gasteiger partial charge on any atom is -0.460 e. The van der Waals surface area contributed by atoms with Gasteiger partial charge in [0.1, 0.15) is 23.9 Å². The zero-order chi connectivity index (χ0) is 20.9. The van der Waals surface area contributed by atoms with Crippen molar-refractivity contribution in [1.82, 2.24) is 5.32 Å². The van der Waals surface area contributed by atoms with Gasteiger partial charge in [0.25, 0.3) is 0 Å². The van der Waals surface area contributed by atoms with Gasteiger partial charge in [0.15, 0.2) is 0 Å². The van der Waals surface area contributed by atoms with E-state index in [4.69, 9.17) is 14.2 Å². The molecule has 1 aliphatic rings. The smallest absolute Gasteiger partial charge is 0.408 e. The molecule has 156 valence electrons. The molecule has 8 nitrogen and oxygen atoms in total. The minimum absolute atomic E-state index is 0.0353. The molecule has 2 rings (SSSR count). The first-order valence-corrected chi connectivity index (χ1v) is 9.25. The molecule has 5 atom stereocenters. The molecule has 0 saturated heterocycles. The summed E-state index contributed by atoms with van der Waals surface area (Å²) in [5.74, 6) is -0.564. The molecule has 0 aliphatic heterocycles. The highest BCUT2D eigenvalue weighted by Crippen LogP contribution is 2.27. The van der Waals surface area contributed by atoms with Gasteiger partial charge in [-0.05, 0) is 26.3 Å². The van der Waals surface area contributed by atoms with Crippen LogP contribution in [0.2, 0.25) is 0 Å². The molecule has 1 aliphatic carbocycles. The van der Waals surface area contributed by atoms with Crippen molar-refractivity contribution in [1.29, 1.82) is 0 Å². The predicted molar refractivity (Wildman–Crippen MR) is 100 cm³/mol. The SMILES string of the molecule is CC(=O)O[C@H]1C[C@@H](O)[C@@H](O)[C@H](OCc2ccccc2)[C@H]1NC(=O)OC(C)(C)C. The largest absolute Gasteiger partial charge is 0.460 e. The van der Waals surface area contributed by atoms with E-state index in [0.717, 1.165) is 5.56 Å². The summed E-state index contributed by atoms with van der Waals surface area (Å²) in [4.78, 5) is 23.8. The second-order valence-electron chi connectivity index (χ2n) is 7.87. The Bertz CT molecular complexity index is 658. The first-order chi connectivity index (χ1) is 13.1. The quantitative estimate of drug-likeness (QED) is 0.648. The molecule has 0 radical (unpaired) electrons. The average Bonchev–Trinajstić information content (AvgIpc) is 2.57. The van der Waals surface area contributed by atoms with Crippen molar-refractivity contribution in [3.8, 4) is 0 Å². The summed E-state index contributed by atoms with van der Waals surface area (Å²) < 4.78 is 16.4. The number of aliphatic hydroxyl groups is 2. The number of esters is 1. The van der Waals surface area contributed by atoms with Gasteiger partial charge in [0.05, 0.1) is 18.8 Å². The van der Waals surface area contributed by atoms with Crippen LogP contribution in [0.15, 0.2) is 30.3 Å². The van der Waals surface area contributed by atoms with E-state index in [9.17, 15) is 19.8 Å². The van der Waals surface area contributed by atoms with Crippen LogP contribution in [0.25, 0.3) is 0 Å². The van der Waals surface area contributed by atoms with Crippen molar-refractivity contribution in [3.05, 3.63) is 35.9 Å². The van der Waals surface area contributed by atoms with Crippen LogP contribution in [-0.2, 0) is 25.6 Å². The summed E-state index contributed by atoms with van der Waals surface area (Å²) in [6, 6.07) is 8.38. The zero-order valence-electron chi connectivity index (χ0n) is 16.6. The maximum Gasteiger partial charge on any atom is 0.408 e. The number of hydrogen-bond donors (Lipinski definition) is 3. The molecular weight excluding hydrogens is 366 g/mol. The maximum absolute atomic E-state index is 12.3. The molecule has 8 heteroatoms. The molecule has 0 bridgehead atoms. The zero-order valence-corrected chi connectivity index (χ0v) is 16.6. The highest BCUT2D eigenvalue weighted by atomic mass is 16.6. The van der Waals surface area contributed by atoms with Gasteiger partial charge in [-0.25, -0.2) is 4.79 Å². The molecule has 1 fully saturated rings. The summed E-state index contributed by atoms with van der Waals surface area (Å²) in [5.41, 5.74) is 0.128. The fraction of sp³-hybridized carbons (Fsp3) is 0.600. The first-order valence-electron chi connectivity index (χ1n) is 9.25. The van der Waals surface area contributed by atoms with Crippen molar-refractivity contribution in [3.63, 3.8) is 0 Å². The third-order valence-corrected chi connectivity index (χ3v) is 4.25. The number of benzene rings is 1. The van der Waals surface area contributed by atoms with E-state index in [1.807, 2.05) is 30.3 Å². The Morgan fingerprint density at radius 1 is 1.18 bits per heavy atom. The average molecular weight is 395 g/mol. The molecule has 28 heavy (non-hydrogen) atoms. The van der Waals surface area contributed by atoms with Crippen LogP contribution in [0.5, 0.6) is 0 Å². The lowest BCUT2D eigenvalue weighted by molar-refractivity contribution is -0.179. The Morgan fingerprint density at radius 3 is 2.39 bits per heavy atom. The van der Waals surface area contributed by atoms with Crippen molar-refractivity contribution in [2.75, 3.05) is 0 Å². The Kier molecular flexibility index (Phi) is 7.40. The van der Waals surface area contributed by atoms with Crippen LogP contribution < -0.4 is 5.32 Å². The Morgan fingerprint density at radius 2 is 1.82 bits per heavy atom. The van der Waals surface area contributed by atoms with Gasteiger partial charge >= 0.3 is 12.1 Å². The van der Waals surface area contributed by atoms with Crippen LogP contribution >= 0.6 is 0 Å². The summed E-state index contributed by atoms with van der Waals surface area (Å²) in [6.45, 7) is 6.55. The summed E-state index contributed by atoms with van der Waals surface area (Å²) in [6.07, 6.45) is -5.07. The molecule has 1 saturated carbocycles. The number of carbonyl (C=O) groups is 2. The van der Waals surface area contributed by atoms with Crippen molar-refractivity contribution in [2.45, 2.75) is 76.8 Å². The fourth-order valence-corrected chi connectivity index (χ4v) is 3.09. The van der Waals surface area contributed by atoms with E-state index in [2.05, 4.69) is 5.32 Å². The maximum atomic E-state index is 12.3. The van der Waals surface area contributed by atoms with Crippen molar-refractivity contribution >= 4 is 12.1 Å². The molecule has 0 heterocycles. The number of carbonyl (C=O) groups excluding carboxylic acids is 2. The van der Waals surface area contributed by atoms with Crippen LogP contribution in [0, 0.1) is 0 Å². The van der Waals surface area contributed by atoms with Gasteiger partial charge in [-0.2, -0.15) is 0 Å². The van der Waals surface area contributed by atoms with Crippen molar-refractivity contribution in [2.24, 2.45) is 0 Å². The summed E-state index contributed by atoms with van der Waals surface area (Å²) in [5, 5.41) is 23.3. The van der Waals surface area contributed by atoms with E-state index >= 15 is 0 Å². The van der Waals surface area contributed by atoms with E-state index in [0.29, 0.717) is 0 Å².